The van der Waals surface area contributed by atoms with Crippen LogP contribution < -0.4 is 0 Å². The molecule has 4 aromatic heterocycles. The van der Waals surface area contributed by atoms with Crippen molar-refractivity contribution in [2.45, 2.75) is 18.1 Å². The van der Waals surface area contributed by atoms with Crippen LogP contribution in [0.3, 0.4) is 0 Å². The number of imidazole rings is 1. The van der Waals surface area contributed by atoms with Gasteiger partial charge in [-0.25, -0.2) is 9.97 Å². The highest BCUT2D eigenvalue weighted by Crippen LogP contribution is 2.31. The van der Waals surface area contributed by atoms with E-state index in [0.717, 1.165) is 12.3 Å². The number of aryl methyl sites for hydroxylation is 1. The van der Waals surface area contributed by atoms with Gasteiger partial charge in [-0.3, -0.25) is 13.8 Å². The Morgan fingerprint density at radius 1 is 1.22 bits per heavy atom. The van der Waals surface area contributed by atoms with Gasteiger partial charge in [-0.15, -0.1) is 0 Å². The lowest BCUT2D eigenvalue weighted by Gasteiger charge is -2.06. The summed E-state index contributed by atoms with van der Waals surface area (Å²) in [6.45, 7) is 1.77. The maximum Gasteiger partial charge on any atom is 0.417 e. The van der Waals surface area contributed by atoms with Gasteiger partial charge >= 0.3 is 6.18 Å². The molecule has 4 heterocycles. The van der Waals surface area contributed by atoms with E-state index >= 15 is 0 Å². The Balaban J connectivity index is 2.00. The minimum Gasteiger partial charge on any atom is -0.296 e. The molecular weight excluding hydrogens is 381 g/mol. The molecule has 0 N–H and O–H groups in total. The first-order chi connectivity index (χ1) is 12.8. The average Bonchev–Trinajstić information content (AvgIpc) is 3.18. The zero-order valence-corrected chi connectivity index (χ0v) is 15.0. The smallest absolute Gasteiger partial charge is 0.296 e. The summed E-state index contributed by atoms with van der Waals surface area (Å²) in [5.41, 5.74) is -0.0192. The normalized spacial score (nSPS) is 13.5. The van der Waals surface area contributed by atoms with Crippen molar-refractivity contribution in [1.29, 1.82) is 0 Å². The van der Waals surface area contributed by atoms with E-state index in [2.05, 4.69) is 20.1 Å². The van der Waals surface area contributed by atoms with Gasteiger partial charge in [0.1, 0.15) is 16.1 Å². The molecule has 11 heteroatoms. The molecule has 1 atom stereocenters. The van der Waals surface area contributed by atoms with Crippen LogP contribution in [-0.4, -0.2) is 39.3 Å². The van der Waals surface area contributed by atoms with Crippen LogP contribution in [0.5, 0.6) is 0 Å². The third kappa shape index (κ3) is 2.78. The molecule has 0 aromatic carbocycles. The summed E-state index contributed by atoms with van der Waals surface area (Å²) in [6, 6.07) is 2.64. The second-order valence-electron chi connectivity index (χ2n) is 5.78. The van der Waals surface area contributed by atoms with Gasteiger partial charge in [-0.05, 0) is 12.1 Å². The molecule has 140 valence electrons. The molecule has 27 heavy (non-hydrogen) atoms. The number of hydrogen-bond donors (Lipinski definition) is 0. The van der Waals surface area contributed by atoms with Gasteiger partial charge in [0, 0.05) is 30.6 Å². The number of aromatic nitrogens is 6. The molecule has 4 rings (SSSR count). The van der Waals surface area contributed by atoms with Crippen LogP contribution in [0, 0.1) is 0 Å². The summed E-state index contributed by atoms with van der Waals surface area (Å²) in [7, 11) is 0.244. The number of alkyl halides is 3. The molecule has 0 fully saturated rings. The molecule has 1 unspecified atom stereocenters. The average molecular weight is 394 g/mol. The predicted octanol–water partition coefficient (Wildman–Crippen LogP) is 2.85. The lowest BCUT2D eigenvalue weighted by atomic mass is 10.2. The maximum absolute atomic E-state index is 13.0. The number of fused-ring (bicyclic) bond motifs is 2. The Morgan fingerprint density at radius 2 is 2.00 bits per heavy atom. The summed E-state index contributed by atoms with van der Waals surface area (Å²) in [6.07, 6.45) is -0.649. The van der Waals surface area contributed by atoms with E-state index in [1.54, 1.807) is 26.2 Å². The molecule has 7 nitrogen and oxygen atoms in total. The van der Waals surface area contributed by atoms with Gasteiger partial charge in [0.15, 0.2) is 5.65 Å². The molecule has 0 aliphatic heterocycles. The van der Waals surface area contributed by atoms with Crippen molar-refractivity contribution in [2.75, 3.05) is 5.75 Å². The van der Waals surface area contributed by atoms with Gasteiger partial charge in [0.05, 0.1) is 22.6 Å². The Hall–Kier alpha value is -2.82. The summed E-state index contributed by atoms with van der Waals surface area (Å²) >= 11 is 0. The first kappa shape index (κ1) is 17.6. The number of hydrogen-bond acceptors (Lipinski definition) is 5. The van der Waals surface area contributed by atoms with Crippen LogP contribution in [0.15, 0.2) is 35.7 Å². The van der Waals surface area contributed by atoms with E-state index in [1.165, 1.54) is 15.4 Å². The van der Waals surface area contributed by atoms with Crippen LogP contribution in [0.1, 0.15) is 12.5 Å². The Kier molecular flexibility index (Phi) is 3.98. The van der Waals surface area contributed by atoms with Crippen molar-refractivity contribution in [2.24, 2.45) is 7.05 Å². The van der Waals surface area contributed by atoms with Gasteiger partial charge in [0.2, 0.25) is 5.95 Å². The Bertz CT molecular complexity index is 1200. The highest BCUT2D eigenvalue weighted by molar-refractivity contribution is 7.85. The third-order valence-electron chi connectivity index (χ3n) is 4.11. The molecule has 0 spiro atoms. The van der Waals surface area contributed by atoms with Crippen LogP contribution >= 0.6 is 0 Å². The van der Waals surface area contributed by atoms with Crippen molar-refractivity contribution in [3.05, 3.63) is 36.3 Å². The van der Waals surface area contributed by atoms with Gasteiger partial charge in [-0.1, -0.05) is 6.92 Å². The third-order valence-corrected chi connectivity index (χ3v) is 5.46. The van der Waals surface area contributed by atoms with Crippen LogP contribution in [0.4, 0.5) is 13.2 Å². The van der Waals surface area contributed by atoms with E-state index in [1.807, 2.05) is 0 Å². The minimum absolute atomic E-state index is 0.0771. The number of halogens is 3. The van der Waals surface area contributed by atoms with E-state index < -0.39 is 22.5 Å². The van der Waals surface area contributed by atoms with Crippen molar-refractivity contribution in [3.8, 4) is 5.95 Å². The topological polar surface area (TPSA) is 78.5 Å². The SMILES string of the molecule is CCS(=O)c1c2ccncc2nn1-c1nc2cc(C(F)(F)F)cnc2n1C. The fraction of sp³-hybridized carbons (Fsp3) is 0.250. The number of nitrogens with zero attached hydrogens (tertiary/aromatic N) is 6. The van der Waals surface area contributed by atoms with E-state index in [4.69, 9.17) is 0 Å². The van der Waals surface area contributed by atoms with Crippen molar-refractivity contribution >= 4 is 32.9 Å². The highest BCUT2D eigenvalue weighted by Gasteiger charge is 2.32. The zero-order chi connectivity index (χ0) is 19.3. The number of rotatable bonds is 3. The van der Waals surface area contributed by atoms with Crippen LogP contribution in [0.2, 0.25) is 0 Å². The monoisotopic (exact) mass is 394 g/mol. The van der Waals surface area contributed by atoms with Gasteiger partial charge in [0.25, 0.3) is 0 Å². The summed E-state index contributed by atoms with van der Waals surface area (Å²) in [5, 5.41) is 5.48. The summed E-state index contributed by atoms with van der Waals surface area (Å²) < 4.78 is 54.4. The molecular formula is C16H13F3N6OS. The quantitative estimate of drug-likeness (QED) is 0.534. The van der Waals surface area contributed by atoms with E-state index in [0.29, 0.717) is 21.7 Å². The van der Waals surface area contributed by atoms with Crippen LogP contribution in [0.25, 0.3) is 28.0 Å². The zero-order valence-electron chi connectivity index (χ0n) is 14.2. The molecule has 0 saturated carbocycles. The van der Waals surface area contributed by atoms with E-state index in [9.17, 15) is 17.4 Å². The maximum atomic E-state index is 13.0. The van der Waals surface area contributed by atoms with Crippen LogP contribution in [-0.2, 0) is 24.0 Å². The molecule has 0 saturated heterocycles. The lowest BCUT2D eigenvalue weighted by molar-refractivity contribution is -0.137. The second kappa shape index (κ2) is 6.12. The Labute approximate surface area is 153 Å². The lowest BCUT2D eigenvalue weighted by Crippen LogP contribution is -2.10. The van der Waals surface area contributed by atoms with Gasteiger partial charge in [-0.2, -0.15) is 23.0 Å². The largest absolute Gasteiger partial charge is 0.417 e. The Morgan fingerprint density at radius 3 is 2.70 bits per heavy atom. The number of pyridine rings is 2. The standard InChI is InChI=1S/C16H13F3N6OS/c1-3-27(26)14-10-4-5-20-8-12(10)23-25(14)15-22-11-6-9(16(17,18)19)7-21-13(11)24(15)2/h4-8H,3H2,1-2H3. The molecule has 0 aliphatic carbocycles. The predicted molar refractivity (Wildman–Crippen MR) is 92.9 cm³/mol. The fourth-order valence-electron chi connectivity index (χ4n) is 2.81. The molecule has 0 aliphatic rings. The van der Waals surface area contributed by atoms with Crippen molar-refractivity contribution in [1.82, 2.24) is 29.3 Å². The molecule has 0 amide bonds. The molecule has 0 bridgehead atoms. The molecule has 4 aromatic rings. The minimum atomic E-state index is -4.51. The first-order valence-electron chi connectivity index (χ1n) is 7.92. The van der Waals surface area contributed by atoms with E-state index in [-0.39, 0.29) is 17.1 Å². The van der Waals surface area contributed by atoms with Gasteiger partial charge < -0.3 is 0 Å². The molecule has 0 radical (unpaired) electrons. The summed E-state index contributed by atoms with van der Waals surface area (Å²) in [4.78, 5) is 12.2. The highest BCUT2D eigenvalue weighted by atomic mass is 32.2. The first-order valence-corrected chi connectivity index (χ1v) is 9.24. The summed E-state index contributed by atoms with van der Waals surface area (Å²) in [5.74, 6) is 0.577. The van der Waals surface area contributed by atoms with Crippen molar-refractivity contribution < 1.29 is 17.4 Å². The second-order valence-corrected chi connectivity index (χ2v) is 7.43. The van der Waals surface area contributed by atoms with Crippen molar-refractivity contribution in [3.63, 3.8) is 0 Å². The fourth-order valence-corrected chi connectivity index (χ4v) is 3.82.